The van der Waals surface area contributed by atoms with Gasteiger partial charge in [0.2, 0.25) is 5.91 Å². The maximum absolute atomic E-state index is 13.3. The second-order valence-electron chi connectivity index (χ2n) is 6.98. The molecular formula is C19H17FNO4-. The number of fused-ring (bicyclic) bond motifs is 1. The summed E-state index contributed by atoms with van der Waals surface area (Å²) in [5.41, 5.74) is 0.344. The maximum Gasteiger partial charge on any atom is 0.234 e. The highest BCUT2D eigenvalue weighted by Gasteiger charge is 2.69. The first-order valence-corrected chi connectivity index (χ1v) is 8.16. The van der Waals surface area contributed by atoms with Crippen molar-refractivity contribution in [2.24, 2.45) is 11.8 Å². The summed E-state index contributed by atoms with van der Waals surface area (Å²) in [4.78, 5) is 26.3. The van der Waals surface area contributed by atoms with Crippen molar-refractivity contribution in [1.29, 1.82) is 0 Å². The van der Waals surface area contributed by atoms with E-state index in [4.69, 9.17) is 4.74 Å². The van der Waals surface area contributed by atoms with Crippen LogP contribution in [0.5, 0.6) is 0 Å². The van der Waals surface area contributed by atoms with E-state index < -0.39 is 41.4 Å². The highest BCUT2D eigenvalue weighted by Crippen LogP contribution is 2.56. The van der Waals surface area contributed by atoms with E-state index in [-0.39, 0.29) is 5.91 Å². The number of carbonyl (C=O) groups is 2. The van der Waals surface area contributed by atoms with Crippen molar-refractivity contribution >= 4 is 17.6 Å². The monoisotopic (exact) mass is 342 g/mol. The van der Waals surface area contributed by atoms with Crippen LogP contribution in [0.4, 0.5) is 10.1 Å². The molecule has 1 aromatic rings. The number of halogens is 1. The zero-order valence-corrected chi connectivity index (χ0v) is 13.6. The molecule has 3 aliphatic heterocycles. The highest BCUT2D eigenvalue weighted by molar-refractivity contribution is 6.03. The van der Waals surface area contributed by atoms with Gasteiger partial charge in [0, 0.05) is 17.6 Å². The Balaban J connectivity index is 1.84. The fourth-order valence-corrected chi connectivity index (χ4v) is 4.41. The van der Waals surface area contributed by atoms with Crippen molar-refractivity contribution in [3.8, 4) is 0 Å². The van der Waals surface area contributed by atoms with Crippen molar-refractivity contribution in [3.63, 3.8) is 0 Å². The lowest BCUT2D eigenvalue weighted by atomic mass is 9.74. The second kappa shape index (κ2) is 5.26. The van der Waals surface area contributed by atoms with Gasteiger partial charge >= 0.3 is 0 Å². The van der Waals surface area contributed by atoms with Crippen LogP contribution in [-0.4, -0.2) is 29.6 Å². The Kier molecular flexibility index (Phi) is 3.37. The van der Waals surface area contributed by atoms with E-state index in [1.807, 2.05) is 6.92 Å². The number of hydrogen-bond acceptors (Lipinski definition) is 4. The predicted octanol–water partition coefficient (Wildman–Crippen LogP) is 1.20. The Hall–Kier alpha value is -2.47. The molecule has 0 N–H and O–H groups in total. The van der Waals surface area contributed by atoms with Crippen molar-refractivity contribution in [3.05, 3.63) is 54.4 Å². The molecule has 0 radical (unpaired) electrons. The standard InChI is InChI=1S/C19H18FNO4/c1-10(2)9-14-19-8-7-13(25-19)15(18(23)24)16(19)17(22)21(14)12-5-3-11(20)4-6-12/h3-8,13-16H,1,9H2,2H3,(H,23,24)/p-1/t13-,14+,15+,16+,19+/m0/s1. The third-order valence-corrected chi connectivity index (χ3v) is 5.34. The maximum atomic E-state index is 13.3. The first kappa shape index (κ1) is 16.0. The number of nitrogens with zero attached hydrogens (tertiary/aromatic N) is 1. The van der Waals surface area contributed by atoms with Gasteiger partial charge < -0.3 is 19.5 Å². The van der Waals surface area contributed by atoms with Crippen molar-refractivity contribution in [2.45, 2.75) is 31.1 Å². The average Bonchev–Trinajstić information content (AvgIpc) is 3.18. The lowest BCUT2D eigenvalue weighted by Gasteiger charge is -2.33. The fraction of sp³-hybridized carbons (Fsp3) is 0.368. The molecule has 3 heterocycles. The summed E-state index contributed by atoms with van der Waals surface area (Å²) < 4.78 is 19.3. The molecule has 1 aromatic carbocycles. The third-order valence-electron chi connectivity index (χ3n) is 5.34. The second-order valence-corrected chi connectivity index (χ2v) is 6.98. The Bertz CT molecular complexity index is 802. The number of anilines is 1. The van der Waals surface area contributed by atoms with Crippen molar-refractivity contribution in [1.82, 2.24) is 0 Å². The summed E-state index contributed by atoms with van der Waals surface area (Å²) in [5.74, 6) is -3.89. The number of benzene rings is 1. The Labute approximate surface area is 144 Å². The third kappa shape index (κ3) is 2.10. The number of carboxylic acids is 1. The van der Waals surface area contributed by atoms with Crippen LogP contribution < -0.4 is 10.0 Å². The molecule has 130 valence electrons. The van der Waals surface area contributed by atoms with Crippen LogP contribution in [0.15, 0.2) is 48.6 Å². The average molecular weight is 342 g/mol. The molecule has 0 aliphatic carbocycles. The van der Waals surface area contributed by atoms with Gasteiger partial charge in [-0.25, -0.2) is 4.39 Å². The summed E-state index contributed by atoms with van der Waals surface area (Å²) in [6.45, 7) is 5.77. The summed E-state index contributed by atoms with van der Waals surface area (Å²) >= 11 is 0. The number of carbonyl (C=O) groups excluding carboxylic acids is 2. The molecule has 0 unspecified atom stereocenters. The molecular weight excluding hydrogens is 325 g/mol. The van der Waals surface area contributed by atoms with Crippen LogP contribution in [-0.2, 0) is 14.3 Å². The molecule has 6 heteroatoms. The SMILES string of the molecule is C=C(C)C[C@H]1N(c2ccc(F)cc2)C(=O)[C@H]2[C@H](C(=O)[O-])[C@@H]3C=C[C@]21O3. The lowest BCUT2D eigenvalue weighted by Crippen LogP contribution is -2.46. The molecule has 5 atom stereocenters. The van der Waals surface area contributed by atoms with Gasteiger partial charge in [0.05, 0.1) is 18.1 Å². The van der Waals surface area contributed by atoms with Crippen molar-refractivity contribution in [2.75, 3.05) is 4.90 Å². The van der Waals surface area contributed by atoms with Crippen LogP contribution in [0, 0.1) is 17.7 Å². The summed E-state index contributed by atoms with van der Waals surface area (Å²) in [5, 5.41) is 11.6. The largest absolute Gasteiger partial charge is 0.550 e. The zero-order valence-electron chi connectivity index (χ0n) is 13.6. The molecule has 4 rings (SSSR count). The quantitative estimate of drug-likeness (QED) is 0.771. The van der Waals surface area contributed by atoms with Gasteiger partial charge in [-0.05, 0) is 37.6 Å². The van der Waals surface area contributed by atoms with Gasteiger partial charge in [-0.3, -0.25) is 4.79 Å². The molecule has 1 spiro atoms. The van der Waals surface area contributed by atoms with E-state index >= 15 is 0 Å². The minimum Gasteiger partial charge on any atom is -0.550 e. The van der Waals surface area contributed by atoms with Crippen LogP contribution in [0.2, 0.25) is 0 Å². The van der Waals surface area contributed by atoms with Gasteiger partial charge in [0.15, 0.2) is 0 Å². The number of carboxylic acid groups (broad SMARTS) is 1. The number of ether oxygens (including phenoxy) is 1. The Morgan fingerprint density at radius 3 is 2.68 bits per heavy atom. The first-order chi connectivity index (χ1) is 11.8. The van der Waals surface area contributed by atoms with Gasteiger partial charge in [0.1, 0.15) is 11.4 Å². The van der Waals surface area contributed by atoms with Crippen LogP contribution in [0.1, 0.15) is 13.3 Å². The number of hydrogen-bond donors (Lipinski definition) is 0. The molecule has 2 bridgehead atoms. The molecule has 0 aromatic heterocycles. The van der Waals surface area contributed by atoms with Crippen LogP contribution in [0.3, 0.4) is 0 Å². The molecule has 3 aliphatic rings. The van der Waals surface area contributed by atoms with Gasteiger partial charge in [-0.2, -0.15) is 0 Å². The minimum absolute atomic E-state index is 0.334. The molecule has 1 amide bonds. The van der Waals surface area contributed by atoms with E-state index in [9.17, 15) is 19.1 Å². The Morgan fingerprint density at radius 1 is 1.40 bits per heavy atom. The number of amides is 1. The minimum atomic E-state index is -1.29. The molecule has 2 fully saturated rings. The Morgan fingerprint density at radius 2 is 2.08 bits per heavy atom. The molecule has 0 saturated carbocycles. The zero-order chi connectivity index (χ0) is 17.9. The van der Waals surface area contributed by atoms with E-state index in [1.54, 1.807) is 12.2 Å². The number of rotatable bonds is 4. The fourth-order valence-electron chi connectivity index (χ4n) is 4.41. The van der Waals surface area contributed by atoms with E-state index in [1.165, 1.54) is 29.2 Å². The van der Waals surface area contributed by atoms with Gasteiger partial charge in [-0.15, -0.1) is 6.58 Å². The lowest BCUT2D eigenvalue weighted by molar-refractivity contribution is -0.313. The first-order valence-electron chi connectivity index (χ1n) is 8.16. The summed E-state index contributed by atoms with van der Waals surface area (Å²) in [6.07, 6.45) is 3.30. The molecule has 25 heavy (non-hydrogen) atoms. The van der Waals surface area contributed by atoms with E-state index in [0.29, 0.717) is 12.1 Å². The normalized spacial score (nSPS) is 35.3. The summed E-state index contributed by atoms with van der Waals surface area (Å²) in [7, 11) is 0. The molecule has 5 nitrogen and oxygen atoms in total. The summed E-state index contributed by atoms with van der Waals surface area (Å²) in [6, 6.07) is 5.15. The van der Waals surface area contributed by atoms with Gasteiger partial charge in [-0.1, -0.05) is 17.7 Å². The molecule has 2 saturated heterocycles. The van der Waals surface area contributed by atoms with Crippen LogP contribution >= 0.6 is 0 Å². The van der Waals surface area contributed by atoms with E-state index in [0.717, 1.165) is 5.57 Å². The van der Waals surface area contributed by atoms with E-state index in [2.05, 4.69) is 6.58 Å². The highest BCUT2D eigenvalue weighted by atomic mass is 19.1. The smallest absolute Gasteiger partial charge is 0.234 e. The predicted molar refractivity (Wildman–Crippen MR) is 85.8 cm³/mol. The topological polar surface area (TPSA) is 69.7 Å². The van der Waals surface area contributed by atoms with Gasteiger partial charge in [0.25, 0.3) is 0 Å². The van der Waals surface area contributed by atoms with Crippen molar-refractivity contribution < 1.29 is 23.8 Å². The number of aliphatic carboxylic acids is 1. The van der Waals surface area contributed by atoms with Crippen LogP contribution in [0.25, 0.3) is 0 Å².